The average molecular weight is 543 g/mol. The number of halogens is 2. The van der Waals surface area contributed by atoms with Crippen molar-refractivity contribution in [2.75, 3.05) is 45.7 Å². The first-order valence-electron chi connectivity index (χ1n) is 13.1. The minimum atomic E-state index is -0.967. The van der Waals surface area contributed by atoms with Crippen LogP contribution in [0.2, 0.25) is 0 Å². The van der Waals surface area contributed by atoms with Gasteiger partial charge >= 0.3 is 6.03 Å². The molecule has 2 heterocycles. The smallest absolute Gasteiger partial charge is 0.320 e. The van der Waals surface area contributed by atoms with E-state index in [1.807, 2.05) is 58.3 Å². The third-order valence-corrected chi connectivity index (χ3v) is 6.52. The van der Waals surface area contributed by atoms with Crippen molar-refractivity contribution in [2.24, 2.45) is 0 Å². The molecule has 0 radical (unpaired) electrons. The number of carbonyl (C=O) groups excluding carboxylic acids is 1. The molecule has 1 aliphatic rings. The first-order valence-corrected chi connectivity index (χ1v) is 13.1. The van der Waals surface area contributed by atoms with Crippen molar-refractivity contribution in [1.82, 2.24) is 25.1 Å². The predicted molar refractivity (Wildman–Crippen MR) is 145 cm³/mol. The van der Waals surface area contributed by atoms with Crippen LogP contribution in [-0.4, -0.2) is 72.2 Å². The number of para-hydroxylation sites is 1. The first kappa shape index (κ1) is 28.5. The summed E-state index contributed by atoms with van der Waals surface area (Å²) in [6.07, 6.45) is 1.20. The molecule has 0 spiro atoms. The van der Waals surface area contributed by atoms with Crippen LogP contribution in [0.3, 0.4) is 0 Å². The Labute approximate surface area is 227 Å². The van der Waals surface area contributed by atoms with E-state index in [2.05, 4.69) is 20.6 Å². The van der Waals surface area contributed by atoms with Gasteiger partial charge in [0.2, 0.25) is 5.88 Å². The number of nitrogens with zero attached hydrogens (tertiary/aromatic N) is 4. The van der Waals surface area contributed by atoms with Gasteiger partial charge in [0, 0.05) is 13.1 Å². The molecular weight excluding hydrogens is 506 g/mol. The summed E-state index contributed by atoms with van der Waals surface area (Å²) in [5.41, 5.74) is 1.89. The SMILES string of the molecule is CCN1C[C@@H](NC(=O)Nc2c(C)c(OCCCCN(C)C)nn2-c2ccccc2)[C@H](c2ccc(F)c(F)c2)O1. The molecule has 2 aromatic carbocycles. The number of urea groups is 1. The standard InChI is InChI=1S/C28H36F2N6O3/c1-5-35-18-24(25(39-35)20-13-14-22(29)23(30)17-20)31-28(37)32-26-19(2)27(38-16-10-9-15-34(3)4)33-36(26)21-11-7-6-8-12-21/h6-8,11-14,17,24-25H,5,9-10,15-16,18H2,1-4H3,(H2,31,32,37)/t24-,25+/m1/s1. The van der Waals surface area contributed by atoms with Gasteiger partial charge in [-0.25, -0.2) is 18.3 Å². The van der Waals surface area contributed by atoms with E-state index >= 15 is 0 Å². The largest absolute Gasteiger partial charge is 0.476 e. The maximum atomic E-state index is 13.9. The predicted octanol–water partition coefficient (Wildman–Crippen LogP) is 4.68. The first-order chi connectivity index (χ1) is 18.8. The minimum absolute atomic E-state index is 0.381. The number of hydrogen-bond donors (Lipinski definition) is 2. The number of nitrogens with one attached hydrogen (secondary N) is 2. The number of hydrogen-bond acceptors (Lipinski definition) is 6. The van der Waals surface area contributed by atoms with E-state index < -0.39 is 29.8 Å². The number of carbonyl (C=O) groups is 1. The molecule has 9 nitrogen and oxygen atoms in total. The van der Waals surface area contributed by atoms with Crippen molar-refractivity contribution in [3.05, 3.63) is 71.3 Å². The number of hydroxylamine groups is 2. The van der Waals surface area contributed by atoms with Gasteiger partial charge in [0.25, 0.3) is 0 Å². The Morgan fingerprint density at radius 3 is 2.62 bits per heavy atom. The van der Waals surface area contributed by atoms with Crippen molar-refractivity contribution >= 4 is 11.8 Å². The summed E-state index contributed by atoms with van der Waals surface area (Å²) >= 11 is 0. The second-order valence-electron chi connectivity index (χ2n) is 9.77. The summed E-state index contributed by atoms with van der Waals surface area (Å²) in [6.45, 7) is 6.18. The zero-order chi connectivity index (χ0) is 27.9. The highest BCUT2D eigenvalue weighted by atomic mass is 19.2. The van der Waals surface area contributed by atoms with Crippen molar-refractivity contribution in [3.8, 4) is 11.6 Å². The summed E-state index contributed by atoms with van der Waals surface area (Å²) in [5.74, 6) is -0.991. The Kier molecular flexibility index (Phi) is 9.50. The van der Waals surface area contributed by atoms with Crippen molar-refractivity contribution < 1.29 is 23.1 Å². The fourth-order valence-electron chi connectivity index (χ4n) is 4.43. The van der Waals surface area contributed by atoms with E-state index in [9.17, 15) is 13.6 Å². The third-order valence-electron chi connectivity index (χ3n) is 6.52. The van der Waals surface area contributed by atoms with Gasteiger partial charge in [-0.05, 0) is 70.2 Å². The number of anilines is 1. The molecule has 2 atom stereocenters. The number of rotatable bonds is 11. The number of ether oxygens (including phenoxy) is 1. The molecule has 0 unspecified atom stereocenters. The fourth-order valence-corrected chi connectivity index (χ4v) is 4.43. The Balaban J connectivity index is 1.51. The molecule has 11 heteroatoms. The molecule has 1 fully saturated rings. The third kappa shape index (κ3) is 7.11. The van der Waals surface area contributed by atoms with Gasteiger partial charge in [0.1, 0.15) is 11.9 Å². The summed E-state index contributed by atoms with van der Waals surface area (Å²) in [6, 6.07) is 12.1. The van der Waals surface area contributed by atoms with E-state index in [4.69, 9.17) is 9.57 Å². The lowest BCUT2D eigenvalue weighted by atomic mass is 10.0. The molecular formula is C28H36F2N6O3. The second kappa shape index (κ2) is 13.0. The zero-order valence-corrected chi connectivity index (χ0v) is 22.8. The van der Waals surface area contributed by atoms with Gasteiger partial charge < -0.3 is 15.0 Å². The van der Waals surface area contributed by atoms with Crippen LogP contribution in [-0.2, 0) is 4.84 Å². The van der Waals surface area contributed by atoms with Crippen molar-refractivity contribution in [3.63, 3.8) is 0 Å². The molecule has 210 valence electrons. The highest BCUT2D eigenvalue weighted by Gasteiger charge is 2.36. The van der Waals surface area contributed by atoms with Crippen LogP contribution in [0.1, 0.15) is 37.0 Å². The summed E-state index contributed by atoms with van der Waals surface area (Å²) in [4.78, 5) is 21.3. The monoisotopic (exact) mass is 542 g/mol. The lowest BCUT2D eigenvalue weighted by Gasteiger charge is -2.19. The van der Waals surface area contributed by atoms with E-state index in [1.165, 1.54) is 6.07 Å². The van der Waals surface area contributed by atoms with Gasteiger partial charge in [-0.3, -0.25) is 10.2 Å². The van der Waals surface area contributed by atoms with Crippen LogP contribution in [0, 0.1) is 18.6 Å². The normalized spacial score (nSPS) is 17.5. The molecule has 2 N–H and O–H groups in total. The number of unbranched alkanes of at least 4 members (excludes halogenated alkanes) is 1. The second-order valence-corrected chi connectivity index (χ2v) is 9.77. The van der Waals surface area contributed by atoms with Crippen molar-refractivity contribution in [1.29, 1.82) is 0 Å². The lowest BCUT2D eigenvalue weighted by Crippen LogP contribution is -2.42. The Hall–Kier alpha value is -3.54. The van der Waals surface area contributed by atoms with E-state index in [0.717, 1.165) is 37.2 Å². The fraction of sp³-hybridized carbons (Fsp3) is 0.429. The molecule has 3 aromatic rings. The molecule has 1 saturated heterocycles. The molecule has 4 rings (SSSR count). The van der Waals surface area contributed by atoms with Gasteiger partial charge in [0.15, 0.2) is 11.6 Å². The number of amides is 2. The zero-order valence-electron chi connectivity index (χ0n) is 22.8. The van der Waals surface area contributed by atoms with Crippen molar-refractivity contribution in [2.45, 2.75) is 38.8 Å². The van der Waals surface area contributed by atoms with E-state index in [0.29, 0.717) is 42.5 Å². The molecule has 0 aliphatic carbocycles. The van der Waals surface area contributed by atoms with Gasteiger partial charge in [-0.2, -0.15) is 5.06 Å². The summed E-state index contributed by atoms with van der Waals surface area (Å²) in [5, 5.41) is 12.2. The lowest BCUT2D eigenvalue weighted by molar-refractivity contribution is -0.144. The van der Waals surface area contributed by atoms with Crippen LogP contribution in [0.25, 0.3) is 5.69 Å². The molecule has 0 saturated carbocycles. The van der Waals surface area contributed by atoms with Crippen LogP contribution in [0.5, 0.6) is 5.88 Å². The number of likely N-dealkylation sites (N-methyl/N-ethyl adjacent to an activating group) is 1. The van der Waals surface area contributed by atoms with Gasteiger partial charge in [-0.1, -0.05) is 31.2 Å². The highest BCUT2D eigenvalue weighted by molar-refractivity contribution is 5.90. The quantitative estimate of drug-likeness (QED) is 0.343. The topological polar surface area (TPSA) is 83.9 Å². The Bertz CT molecular complexity index is 1250. The molecule has 1 aromatic heterocycles. The number of aromatic nitrogens is 2. The number of benzene rings is 2. The molecule has 1 aliphatic heterocycles. The average Bonchev–Trinajstić information content (AvgIpc) is 3.46. The molecule has 0 bridgehead atoms. The van der Waals surface area contributed by atoms with Crippen LogP contribution in [0.4, 0.5) is 19.4 Å². The van der Waals surface area contributed by atoms with Crippen LogP contribution in [0.15, 0.2) is 48.5 Å². The van der Waals surface area contributed by atoms with Crippen LogP contribution < -0.4 is 15.4 Å². The van der Waals surface area contributed by atoms with Gasteiger partial charge in [0.05, 0.1) is 23.9 Å². The van der Waals surface area contributed by atoms with E-state index in [-0.39, 0.29) is 0 Å². The van der Waals surface area contributed by atoms with Crippen LogP contribution >= 0.6 is 0 Å². The minimum Gasteiger partial charge on any atom is -0.476 e. The maximum Gasteiger partial charge on any atom is 0.320 e. The summed E-state index contributed by atoms with van der Waals surface area (Å²) in [7, 11) is 4.07. The molecule has 39 heavy (non-hydrogen) atoms. The Morgan fingerprint density at radius 1 is 1.15 bits per heavy atom. The molecule has 2 amide bonds. The Morgan fingerprint density at radius 2 is 1.92 bits per heavy atom. The highest BCUT2D eigenvalue weighted by Crippen LogP contribution is 2.31. The summed E-state index contributed by atoms with van der Waals surface area (Å²) < 4.78 is 35.1. The maximum absolute atomic E-state index is 13.9. The van der Waals surface area contributed by atoms with Gasteiger partial charge in [-0.15, -0.1) is 5.10 Å². The van der Waals surface area contributed by atoms with E-state index in [1.54, 1.807) is 9.75 Å².